The third-order valence-corrected chi connectivity index (χ3v) is 3.00. The average molecular weight is 297 g/mol. The fraction of sp³-hybridized carbons (Fsp3) is 0.188. The predicted octanol–water partition coefficient (Wildman–Crippen LogP) is 3.74. The number of hydrogen-bond acceptors (Lipinski definition) is 5. The quantitative estimate of drug-likeness (QED) is 0.776. The standard InChI is InChI=1S/C16H15N3O3/c1-2-5-15(20)19-16-17-11(13-6-3-8-21-13)10-12(18-16)14-7-4-9-22-14/h3-4,6-10H,2,5H2,1H3,(H,17,18,19,20). The van der Waals surface area contributed by atoms with Crippen molar-refractivity contribution in [2.45, 2.75) is 19.8 Å². The van der Waals surface area contributed by atoms with E-state index in [2.05, 4.69) is 15.3 Å². The first-order chi connectivity index (χ1) is 10.8. The Kier molecular flexibility index (Phi) is 4.00. The molecule has 0 fully saturated rings. The summed E-state index contributed by atoms with van der Waals surface area (Å²) in [6.07, 6.45) is 4.32. The summed E-state index contributed by atoms with van der Waals surface area (Å²) in [7, 11) is 0. The van der Waals surface area contributed by atoms with E-state index in [1.165, 1.54) is 0 Å². The lowest BCUT2D eigenvalue weighted by Crippen LogP contribution is -2.13. The molecule has 0 aliphatic carbocycles. The Hall–Kier alpha value is -2.89. The van der Waals surface area contributed by atoms with Crippen LogP contribution in [0.15, 0.2) is 51.7 Å². The first-order valence-corrected chi connectivity index (χ1v) is 7.03. The van der Waals surface area contributed by atoms with Crippen molar-refractivity contribution in [1.29, 1.82) is 0 Å². The normalized spacial score (nSPS) is 10.6. The Morgan fingerprint density at radius 2 is 1.68 bits per heavy atom. The highest BCUT2D eigenvalue weighted by Crippen LogP contribution is 2.25. The van der Waals surface area contributed by atoms with Crippen LogP contribution in [0.5, 0.6) is 0 Å². The van der Waals surface area contributed by atoms with Gasteiger partial charge in [0.2, 0.25) is 11.9 Å². The fourth-order valence-electron chi connectivity index (χ4n) is 2.02. The number of furan rings is 2. The molecule has 0 bridgehead atoms. The molecule has 3 aromatic rings. The van der Waals surface area contributed by atoms with E-state index in [4.69, 9.17) is 8.83 Å². The van der Waals surface area contributed by atoms with E-state index in [1.807, 2.05) is 6.92 Å². The van der Waals surface area contributed by atoms with E-state index in [0.29, 0.717) is 29.3 Å². The second-order valence-corrected chi connectivity index (χ2v) is 4.71. The zero-order valence-electron chi connectivity index (χ0n) is 12.1. The van der Waals surface area contributed by atoms with Gasteiger partial charge in [0.15, 0.2) is 11.5 Å². The summed E-state index contributed by atoms with van der Waals surface area (Å²) in [6.45, 7) is 1.94. The molecular formula is C16H15N3O3. The van der Waals surface area contributed by atoms with Gasteiger partial charge in [-0.05, 0) is 36.8 Å². The lowest BCUT2D eigenvalue weighted by atomic mass is 10.2. The van der Waals surface area contributed by atoms with Crippen LogP contribution in [0.2, 0.25) is 0 Å². The maximum absolute atomic E-state index is 11.8. The molecule has 112 valence electrons. The third kappa shape index (κ3) is 3.06. The Bertz CT molecular complexity index is 697. The lowest BCUT2D eigenvalue weighted by Gasteiger charge is -2.06. The number of nitrogens with one attached hydrogen (secondary N) is 1. The van der Waals surface area contributed by atoms with Crippen molar-refractivity contribution in [1.82, 2.24) is 9.97 Å². The van der Waals surface area contributed by atoms with Crippen LogP contribution < -0.4 is 5.32 Å². The predicted molar refractivity (Wildman–Crippen MR) is 81.0 cm³/mol. The largest absolute Gasteiger partial charge is 0.463 e. The van der Waals surface area contributed by atoms with Crippen LogP contribution in [0.1, 0.15) is 19.8 Å². The highest BCUT2D eigenvalue weighted by atomic mass is 16.3. The summed E-state index contributed by atoms with van der Waals surface area (Å²) in [6, 6.07) is 8.91. The molecule has 0 unspecified atom stereocenters. The number of hydrogen-bond donors (Lipinski definition) is 1. The van der Waals surface area contributed by atoms with Gasteiger partial charge in [0, 0.05) is 6.42 Å². The molecule has 0 aliphatic rings. The van der Waals surface area contributed by atoms with Crippen LogP contribution in [0.25, 0.3) is 22.9 Å². The monoisotopic (exact) mass is 297 g/mol. The van der Waals surface area contributed by atoms with Gasteiger partial charge in [0.05, 0.1) is 12.5 Å². The number of anilines is 1. The summed E-state index contributed by atoms with van der Waals surface area (Å²) in [5.74, 6) is 1.31. The molecule has 3 aromatic heterocycles. The van der Waals surface area contributed by atoms with Gasteiger partial charge in [-0.3, -0.25) is 10.1 Å². The molecule has 1 N–H and O–H groups in total. The second-order valence-electron chi connectivity index (χ2n) is 4.71. The SMILES string of the molecule is CCCC(=O)Nc1nc(-c2ccco2)cc(-c2ccco2)n1. The Morgan fingerprint density at radius 3 is 2.14 bits per heavy atom. The number of rotatable bonds is 5. The van der Waals surface area contributed by atoms with Crippen molar-refractivity contribution in [2.75, 3.05) is 5.32 Å². The van der Waals surface area contributed by atoms with E-state index in [9.17, 15) is 4.79 Å². The average Bonchev–Trinajstić information content (AvgIpc) is 3.21. The van der Waals surface area contributed by atoms with Gasteiger partial charge in [0.25, 0.3) is 0 Å². The van der Waals surface area contributed by atoms with Crippen molar-refractivity contribution >= 4 is 11.9 Å². The molecule has 1 amide bonds. The van der Waals surface area contributed by atoms with Crippen LogP contribution in [0.4, 0.5) is 5.95 Å². The van der Waals surface area contributed by atoms with Crippen LogP contribution in [-0.4, -0.2) is 15.9 Å². The summed E-state index contributed by atoms with van der Waals surface area (Å²) in [4.78, 5) is 20.4. The fourth-order valence-corrected chi connectivity index (χ4v) is 2.02. The minimum Gasteiger partial charge on any atom is -0.463 e. The summed E-state index contributed by atoms with van der Waals surface area (Å²) >= 11 is 0. The van der Waals surface area contributed by atoms with Gasteiger partial charge in [0.1, 0.15) is 11.4 Å². The van der Waals surface area contributed by atoms with E-state index in [1.54, 1.807) is 42.9 Å². The van der Waals surface area contributed by atoms with Crippen LogP contribution in [-0.2, 0) is 4.79 Å². The molecule has 0 aliphatic heterocycles. The number of nitrogens with zero attached hydrogens (tertiary/aromatic N) is 2. The third-order valence-electron chi connectivity index (χ3n) is 3.00. The van der Waals surface area contributed by atoms with Gasteiger partial charge in [-0.25, -0.2) is 9.97 Å². The second kappa shape index (κ2) is 6.26. The summed E-state index contributed by atoms with van der Waals surface area (Å²) in [5.41, 5.74) is 1.16. The van der Waals surface area contributed by atoms with E-state index in [0.717, 1.165) is 6.42 Å². The highest BCUT2D eigenvalue weighted by Gasteiger charge is 2.13. The number of carbonyl (C=O) groups excluding carboxylic acids is 1. The molecule has 0 saturated carbocycles. The van der Waals surface area contributed by atoms with Gasteiger partial charge in [-0.1, -0.05) is 6.92 Å². The first kappa shape index (κ1) is 14.1. The van der Waals surface area contributed by atoms with Crippen LogP contribution in [0, 0.1) is 0 Å². The molecule has 0 saturated heterocycles. The summed E-state index contributed by atoms with van der Waals surface area (Å²) in [5, 5.41) is 2.70. The lowest BCUT2D eigenvalue weighted by molar-refractivity contribution is -0.116. The van der Waals surface area contributed by atoms with Crippen molar-refractivity contribution < 1.29 is 13.6 Å². The molecule has 6 heteroatoms. The van der Waals surface area contributed by atoms with Crippen LogP contribution >= 0.6 is 0 Å². The molecule has 0 aromatic carbocycles. The Labute approximate surface area is 127 Å². The minimum atomic E-state index is -0.121. The minimum absolute atomic E-state index is 0.121. The van der Waals surface area contributed by atoms with Gasteiger partial charge >= 0.3 is 0 Å². The molecule has 3 heterocycles. The molecule has 22 heavy (non-hydrogen) atoms. The molecule has 3 rings (SSSR count). The molecule has 0 spiro atoms. The Balaban J connectivity index is 2.00. The Morgan fingerprint density at radius 1 is 1.09 bits per heavy atom. The van der Waals surface area contributed by atoms with Gasteiger partial charge in [-0.2, -0.15) is 0 Å². The van der Waals surface area contributed by atoms with Crippen molar-refractivity contribution in [3.63, 3.8) is 0 Å². The number of aromatic nitrogens is 2. The first-order valence-electron chi connectivity index (χ1n) is 7.03. The smallest absolute Gasteiger partial charge is 0.230 e. The number of carbonyl (C=O) groups is 1. The molecular weight excluding hydrogens is 282 g/mol. The zero-order valence-corrected chi connectivity index (χ0v) is 12.1. The molecule has 0 radical (unpaired) electrons. The van der Waals surface area contributed by atoms with Crippen LogP contribution in [0.3, 0.4) is 0 Å². The molecule has 0 atom stereocenters. The van der Waals surface area contributed by atoms with E-state index >= 15 is 0 Å². The number of amides is 1. The highest BCUT2D eigenvalue weighted by molar-refractivity contribution is 5.89. The van der Waals surface area contributed by atoms with Crippen molar-refractivity contribution in [3.8, 4) is 22.9 Å². The van der Waals surface area contributed by atoms with Gasteiger partial charge < -0.3 is 8.83 Å². The van der Waals surface area contributed by atoms with Crippen molar-refractivity contribution in [3.05, 3.63) is 42.9 Å². The van der Waals surface area contributed by atoms with Crippen molar-refractivity contribution in [2.24, 2.45) is 0 Å². The van der Waals surface area contributed by atoms with Gasteiger partial charge in [-0.15, -0.1) is 0 Å². The topological polar surface area (TPSA) is 81.2 Å². The molecule has 6 nitrogen and oxygen atoms in total. The van der Waals surface area contributed by atoms with E-state index in [-0.39, 0.29) is 11.9 Å². The van der Waals surface area contributed by atoms with E-state index < -0.39 is 0 Å². The summed E-state index contributed by atoms with van der Waals surface area (Å²) < 4.78 is 10.7. The maximum atomic E-state index is 11.8. The maximum Gasteiger partial charge on any atom is 0.230 e. The zero-order chi connectivity index (χ0) is 15.4.